The highest BCUT2D eigenvalue weighted by atomic mass is 79.9. The van der Waals surface area contributed by atoms with Gasteiger partial charge in [-0.3, -0.25) is 4.79 Å². The summed E-state index contributed by atoms with van der Waals surface area (Å²) in [5.74, 6) is 1.14. The van der Waals surface area contributed by atoms with Crippen molar-refractivity contribution in [2.24, 2.45) is 5.92 Å². The molecule has 1 aromatic rings. The summed E-state index contributed by atoms with van der Waals surface area (Å²) < 4.78 is 5.20. The molecule has 0 saturated carbocycles. The molecule has 0 radical (unpaired) electrons. The van der Waals surface area contributed by atoms with E-state index >= 15 is 0 Å². The number of alkyl halides is 1. The number of nitrogens with one attached hydrogen (secondary N) is 1. The second-order valence-electron chi connectivity index (χ2n) is 3.58. The van der Waals surface area contributed by atoms with Crippen molar-refractivity contribution >= 4 is 21.8 Å². The SMILES string of the molecule is CCc1occc1C(=O)NCC(C)CBr. The zero-order chi connectivity index (χ0) is 11.3. The molecule has 1 aromatic heterocycles. The van der Waals surface area contributed by atoms with E-state index in [0.717, 1.165) is 17.5 Å². The molecule has 0 fully saturated rings. The van der Waals surface area contributed by atoms with Crippen molar-refractivity contribution in [3.63, 3.8) is 0 Å². The molecule has 1 rings (SSSR count). The minimum atomic E-state index is -0.0478. The van der Waals surface area contributed by atoms with Gasteiger partial charge in [0, 0.05) is 18.3 Å². The van der Waals surface area contributed by atoms with Gasteiger partial charge in [-0.2, -0.15) is 0 Å². The zero-order valence-electron chi connectivity index (χ0n) is 9.05. The molecule has 3 nitrogen and oxygen atoms in total. The lowest BCUT2D eigenvalue weighted by atomic mass is 10.2. The highest BCUT2D eigenvalue weighted by Crippen LogP contribution is 2.11. The minimum Gasteiger partial charge on any atom is -0.469 e. The van der Waals surface area contributed by atoms with Gasteiger partial charge >= 0.3 is 0 Å². The predicted molar refractivity (Wildman–Crippen MR) is 63.4 cm³/mol. The normalized spacial score (nSPS) is 12.5. The van der Waals surface area contributed by atoms with Gasteiger partial charge in [0.25, 0.3) is 5.91 Å². The van der Waals surface area contributed by atoms with Crippen molar-refractivity contribution in [2.45, 2.75) is 20.3 Å². The average molecular weight is 274 g/mol. The summed E-state index contributed by atoms with van der Waals surface area (Å²) in [5.41, 5.74) is 0.652. The summed E-state index contributed by atoms with van der Waals surface area (Å²) in [7, 11) is 0. The molecule has 84 valence electrons. The van der Waals surface area contributed by atoms with Crippen molar-refractivity contribution in [1.29, 1.82) is 0 Å². The molecule has 15 heavy (non-hydrogen) atoms. The van der Waals surface area contributed by atoms with Gasteiger partial charge in [0.2, 0.25) is 0 Å². The highest BCUT2D eigenvalue weighted by Gasteiger charge is 2.13. The van der Waals surface area contributed by atoms with E-state index in [-0.39, 0.29) is 5.91 Å². The third kappa shape index (κ3) is 3.38. The molecule has 1 atom stereocenters. The summed E-state index contributed by atoms with van der Waals surface area (Å²) in [5, 5.41) is 3.77. The van der Waals surface area contributed by atoms with E-state index < -0.39 is 0 Å². The minimum absolute atomic E-state index is 0.0478. The maximum Gasteiger partial charge on any atom is 0.254 e. The monoisotopic (exact) mass is 273 g/mol. The number of hydrogen-bond acceptors (Lipinski definition) is 2. The van der Waals surface area contributed by atoms with Crippen molar-refractivity contribution in [1.82, 2.24) is 5.32 Å². The fourth-order valence-corrected chi connectivity index (χ4v) is 1.46. The molecular weight excluding hydrogens is 258 g/mol. The van der Waals surface area contributed by atoms with Crippen molar-refractivity contribution in [2.75, 3.05) is 11.9 Å². The van der Waals surface area contributed by atoms with Gasteiger partial charge in [0.15, 0.2) is 0 Å². The highest BCUT2D eigenvalue weighted by molar-refractivity contribution is 9.09. The van der Waals surface area contributed by atoms with Crippen LogP contribution in [0.3, 0.4) is 0 Å². The summed E-state index contributed by atoms with van der Waals surface area (Å²) >= 11 is 3.37. The van der Waals surface area contributed by atoms with Crippen molar-refractivity contribution < 1.29 is 9.21 Å². The Kier molecular flexibility index (Phi) is 4.88. The van der Waals surface area contributed by atoms with E-state index in [1.807, 2.05) is 6.92 Å². The van der Waals surface area contributed by atoms with Gasteiger partial charge in [-0.15, -0.1) is 0 Å². The number of carbonyl (C=O) groups is 1. The summed E-state index contributed by atoms with van der Waals surface area (Å²) in [6.07, 6.45) is 2.30. The lowest BCUT2D eigenvalue weighted by Gasteiger charge is -2.08. The second-order valence-corrected chi connectivity index (χ2v) is 4.23. The number of rotatable bonds is 5. The van der Waals surface area contributed by atoms with Gasteiger partial charge in [0.1, 0.15) is 5.76 Å². The molecule has 1 N–H and O–H groups in total. The molecule has 4 heteroatoms. The Balaban J connectivity index is 2.54. The van der Waals surface area contributed by atoms with Gasteiger partial charge in [-0.25, -0.2) is 0 Å². The van der Waals surface area contributed by atoms with E-state index in [1.165, 1.54) is 0 Å². The Morgan fingerprint density at radius 3 is 3.00 bits per heavy atom. The van der Waals surface area contributed by atoms with E-state index in [9.17, 15) is 4.79 Å². The third-order valence-electron chi connectivity index (χ3n) is 2.19. The van der Waals surface area contributed by atoms with Crippen LogP contribution >= 0.6 is 15.9 Å². The Bertz CT molecular complexity index is 322. The van der Waals surface area contributed by atoms with Crippen LogP contribution in [0.25, 0.3) is 0 Å². The van der Waals surface area contributed by atoms with Gasteiger partial charge in [0.05, 0.1) is 11.8 Å². The Hall–Kier alpha value is -0.770. The van der Waals surface area contributed by atoms with Crippen LogP contribution in [-0.4, -0.2) is 17.8 Å². The lowest BCUT2D eigenvalue weighted by Crippen LogP contribution is -2.29. The van der Waals surface area contributed by atoms with Crippen LogP contribution in [0.5, 0.6) is 0 Å². The molecule has 0 saturated heterocycles. The molecule has 1 heterocycles. The van der Waals surface area contributed by atoms with Crippen LogP contribution in [0.15, 0.2) is 16.7 Å². The van der Waals surface area contributed by atoms with Crippen molar-refractivity contribution in [3.8, 4) is 0 Å². The van der Waals surface area contributed by atoms with E-state index in [2.05, 4.69) is 28.2 Å². The van der Waals surface area contributed by atoms with E-state index in [0.29, 0.717) is 18.0 Å². The molecule has 0 bridgehead atoms. The fraction of sp³-hybridized carbons (Fsp3) is 0.545. The fourth-order valence-electron chi connectivity index (χ4n) is 1.23. The topological polar surface area (TPSA) is 42.2 Å². The molecule has 0 spiro atoms. The number of carbonyl (C=O) groups excluding carboxylic acids is 1. The molecule has 1 unspecified atom stereocenters. The number of amides is 1. The maximum absolute atomic E-state index is 11.7. The first-order valence-corrected chi connectivity index (χ1v) is 6.21. The quantitative estimate of drug-likeness (QED) is 0.838. The smallest absolute Gasteiger partial charge is 0.254 e. The van der Waals surface area contributed by atoms with Crippen LogP contribution < -0.4 is 5.32 Å². The molecule has 0 aromatic carbocycles. The van der Waals surface area contributed by atoms with Crippen LogP contribution in [0.1, 0.15) is 30.0 Å². The van der Waals surface area contributed by atoms with Crippen molar-refractivity contribution in [3.05, 3.63) is 23.7 Å². The lowest BCUT2D eigenvalue weighted by molar-refractivity contribution is 0.0947. The first kappa shape index (κ1) is 12.3. The standard InChI is InChI=1S/C11H16BrNO2/c1-3-10-9(4-5-15-10)11(14)13-7-8(2)6-12/h4-5,8H,3,6-7H2,1-2H3,(H,13,14). The largest absolute Gasteiger partial charge is 0.469 e. The van der Waals surface area contributed by atoms with Gasteiger partial charge in [-0.1, -0.05) is 29.8 Å². The predicted octanol–water partition coefficient (Wildman–Crippen LogP) is 2.60. The number of halogens is 1. The van der Waals surface area contributed by atoms with Crippen LogP contribution in [-0.2, 0) is 6.42 Å². The second kappa shape index (κ2) is 5.95. The zero-order valence-corrected chi connectivity index (χ0v) is 10.6. The van der Waals surface area contributed by atoms with E-state index in [1.54, 1.807) is 12.3 Å². The number of furan rings is 1. The van der Waals surface area contributed by atoms with Gasteiger partial charge in [-0.05, 0) is 12.0 Å². The van der Waals surface area contributed by atoms with Crippen LogP contribution in [0.2, 0.25) is 0 Å². The third-order valence-corrected chi connectivity index (χ3v) is 3.29. The van der Waals surface area contributed by atoms with E-state index in [4.69, 9.17) is 4.42 Å². The maximum atomic E-state index is 11.7. The molecular formula is C11H16BrNO2. The summed E-state index contributed by atoms with van der Waals surface area (Å²) in [6.45, 7) is 4.72. The molecule has 0 aliphatic heterocycles. The molecule has 1 amide bonds. The summed E-state index contributed by atoms with van der Waals surface area (Å²) in [4.78, 5) is 11.7. The van der Waals surface area contributed by atoms with Gasteiger partial charge < -0.3 is 9.73 Å². The number of aryl methyl sites for hydroxylation is 1. The van der Waals surface area contributed by atoms with Crippen LogP contribution in [0, 0.1) is 5.92 Å². The molecule has 0 aliphatic carbocycles. The van der Waals surface area contributed by atoms with Crippen LogP contribution in [0.4, 0.5) is 0 Å². The summed E-state index contributed by atoms with van der Waals surface area (Å²) in [6, 6.07) is 1.72. The average Bonchev–Trinajstić information content (AvgIpc) is 2.73. The first-order chi connectivity index (χ1) is 7.19. The Labute approximate surface area is 98.4 Å². The first-order valence-electron chi connectivity index (χ1n) is 5.09. The molecule has 0 aliphatic rings. The Morgan fingerprint density at radius 2 is 2.40 bits per heavy atom. The Morgan fingerprint density at radius 1 is 1.67 bits per heavy atom. The number of hydrogen-bond donors (Lipinski definition) is 1.